The van der Waals surface area contributed by atoms with Crippen LogP contribution < -0.4 is 5.32 Å². The number of aliphatic hydroxyl groups is 1. The first-order chi connectivity index (χ1) is 12.0. The van der Waals surface area contributed by atoms with Gasteiger partial charge in [0.15, 0.2) is 0 Å². The quantitative estimate of drug-likeness (QED) is 0.839. The second-order valence-corrected chi connectivity index (χ2v) is 6.53. The number of nitrogens with zero attached hydrogens (tertiary/aromatic N) is 1. The van der Waals surface area contributed by atoms with Gasteiger partial charge in [-0.2, -0.15) is 0 Å². The molecular weight excluding hydrogens is 319 g/mol. The van der Waals surface area contributed by atoms with E-state index >= 15 is 0 Å². The monoisotopic (exact) mass is 342 g/mol. The second kappa shape index (κ2) is 7.66. The lowest BCUT2D eigenvalue weighted by Gasteiger charge is -2.27. The maximum absolute atomic E-state index is 13.0. The number of halogens is 1. The number of urea groups is 1. The van der Waals surface area contributed by atoms with Crippen molar-refractivity contribution < 1.29 is 14.3 Å². The fraction of sp³-hybridized carbons (Fsp3) is 0.350. The van der Waals surface area contributed by atoms with E-state index in [9.17, 15) is 14.3 Å². The minimum atomic E-state index is -0.834. The van der Waals surface area contributed by atoms with Crippen molar-refractivity contribution in [2.24, 2.45) is 0 Å². The van der Waals surface area contributed by atoms with Crippen molar-refractivity contribution in [2.75, 3.05) is 6.54 Å². The summed E-state index contributed by atoms with van der Waals surface area (Å²) in [6.45, 7) is 2.14. The minimum Gasteiger partial charge on any atom is -0.387 e. The van der Waals surface area contributed by atoms with Crippen LogP contribution in [0.25, 0.3) is 0 Å². The first kappa shape index (κ1) is 17.4. The lowest BCUT2D eigenvalue weighted by atomic mass is 10.1. The molecule has 2 amide bonds. The van der Waals surface area contributed by atoms with Crippen molar-refractivity contribution in [2.45, 2.75) is 38.0 Å². The third-order valence-corrected chi connectivity index (χ3v) is 4.51. The topological polar surface area (TPSA) is 52.6 Å². The van der Waals surface area contributed by atoms with Crippen LogP contribution in [0.4, 0.5) is 9.18 Å². The average molecular weight is 342 g/mol. The van der Waals surface area contributed by atoms with Gasteiger partial charge in [-0.3, -0.25) is 0 Å². The molecule has 0 heterocycles. The molecule has 1 aliphatic carbocycles. The molecule has 0 spiro atoms. The molecule has 1 aliphatic rings. The van der Waals surface area contributed by atoms with Gasteiger partial charge in [0, 0.05) is 6.04 Å². The molecule has 0 saturated heterocycles. The minimum absolute atomic E-state index is 0.113. The highest BCUT2D eigenvalue weighted by Crippen LogP contribution is 2.29. The van der Waals surface area contributed by atoms with Crippen molar-refractivity contribution in [1.29, 1.82) is 0 Å². The summed E-state index contributed by atoms with van der Waals surface area (Å²) >= 11 is 0. The van der Waals surface area contributed by atoms with Gasteiger partial charge in [-0.1, -0.05) is 42.5 Å². The Balaban J connectivity index is 1.64. The Bertz CT molecular complexity index is 701. The van der Waals surface area contributed by atoms with Crippen LogP contribution in [0.5, 0.6) is 0 Å². The van der Waals surface area contributed by atoms with Gasteiger partial charge in [-0.15, -0.1) is 0 Å². The Morgan fingerprint density at radius 1 is 1.16 bits per heavy atom. The highest BCUT2D eigenvalue weighted by molar-refractivity contribution is 5.75. The fourth-order valence-electron chi connectivity index (χ4n) is 2.85. The van der Waals surface area contributed by atoms with Crippen LogP contribution in [0.2, 0.25) is 0 Å². The van der Waals surface area contributed by atoms with Crippen molar-refractivity contribution >= 4 is 6.03 Å². The van der Waals surface area contributed by atoms with Crippen LogP contribution in [0.1, 0.15) is 43.0 Å². The third kappa shape index (κ3) is 4.57. The van der Waals surface area contributed by atoms with Crippen molar-refractivity contribution in [3.8, 4) is 0 Å². The Hall–Kier alpha value is -2.40. The number of amides is 2. The van der Waals surface area contributed by atoms with Gasteiger partial charge in [0.2, 0.25) is 0 Å². The molecule has 2 aromatic carbocycles. The van der Waals surface area contributed by atoms with E-state index in [2.05, 4.69) is 5.32 Å². The van der Waals surface area contributed by atoms with E-state index in [1.54, 1.807) is 17.0 Å². The fourth-order valence-corrected chi connectivity index (χ4v) is 2.85. The van der Waals surface area contributed by atoms with Gasteiger partial charge >= 0.3 is 6.03 Å². The third-order valence-electron chi connectivity index (χ3n) is 4.51. The molecule has 0 aromatic heterocycles. The zero-order valence-electron chi connectivity index (χ0n) is 14.2. The molecule has 2 unspecified atom stereocenters. The summed E-state index contributed by atoms with van der Waals surface area (Å²) < 4.78 is 13.0. The summed E-state index contributed by atoms with van der Waals surface area (Å²) in [7, 11) is 0. The Kier molecular flexibility index (Phi) is 5.34. The van der Waals surface area contributed by atoms with Crippen LogP contribution in [0.15, 0.2) is 54.6 Å². The zero-order valence-corrected chi connectivity index (χ0v) is 14.2. The predicted molar refractivity (Wildman–Crippen MR) is 94.5 cm³/mol. The van der Waals surface area contributed by atoms with Crippen LogP contribution in [0.3, 0.4) is 0 Å². The molecule has 3 rings (SSSR count). The smallest absolute Gasteiger partial charge is 0.318 e. The normalized spacial score (nSPS) is 16.1. The maximum atomic E-state index is 13.0. The van der Waals surface area contributed by atoms with Crippen LogP contribution in [-0.2, 0) is 0 Å². The number of hydrogen-bond acceptors (Lipinski definition) is 2. The number of carbonyl (C=O) groups excluding carboxylic acids is 1. The van der Waals surface area contributed by atoms with Crippen LogP contribution >= 0.6 is 0 Å². The van der Waals surface area contributed by atoms with Crippen LogP contribution in [0, 0.1) is 5.82 Å². The molecule has 25 heavy (non-hydrogen) atoms. The lowest BCUT2D eigenvalue weighted by Crippen LogP contribution is -2.44. The van der Waals surface area contributed by atoms with E-state index in [0.29, 0.717) is 5.56 Å². The van der Waals surface area contributed by atoms with Gasteiger partial charge in [-0.05, 0) is 43.0 Å². The summed E-state index contributed by atoms with van der Waals surface area (Å²) in [5.41, 5.74) is 1.64. The number of carbonyl (C=O) groups is 1. The van der Waals surface area contributed by atoms with Crippen LogP contribution in [-0.4, -0.2) is 28.6 Å². The molecule has 0 bridgehead atoms. The average Bonchev–Trinajstić information content (AvgIpc) is 3.45. The standard InChI is InChI=1S/C20H23FN2O2/c1-14(15-5-3-2-4-6-15)22-20(25)23(18-11-12-18)13-19(24)16-7-9-17(21)10-8-16/h2-10,14,18-19,24H,11-13H2,1H3,(H,22,25). The summed E-state index contributed by atoms with van der Waals surface area (Å²) in [5, 5.41) is 13.4. The van der Waals surface area contributed by atoms with Crippen molar-refractivity contribution in [3.63, 3.8) is 0 Å². The molecule has 0 aliphatic heterocycles. The molecule has 132 valence electrons. The first-order valence-electron chi connectivity index (χ1n) is 8.60. The molecule has 2 N–H and O–H groups in total. The second-order valence-electron chi connectivity index (χ2n) is 6.53. The zero-order chi connectivity index (χ0) is 17.8. The molecule has 0 radical (unpaired) electrons. The van der Waals surface area contributed by atoms with Gasteiger partial charge in [0.25, 0.3) is 0 Å². The molecule has 2 aromatic rings. The van der Waals surface area contributed by atoms with Gasteiger partial charge in [0.1, 0.15) is 5.82 Å². The van der Waals surface area contributed by atoms with E-state index < -0.39 is 6.10 Å². The lowest BCUT2D eigenvalue weighted by molar-refractivity contribution is 0.117. The molecule has 2 atom stereocenters. The first-order valence-corrected chi connectivity index (χ1v) is 8.60. The van der Waals surface area contributed by atoms with E-state index in [0.717, 1.165) is 18.4 Å². The molecule has 1 fully saturated rings. The highest BCUT2D eigenvalue weighted by Gasteiger charge is 2.34. The highest BCUT2D eigenvalue weighted by atomic mass is 19.1. The summed E-state index contributed by atoms with van der Waals surface area (Å²) in [6.07, 6.45) is 1.06. The molecule has 4 nitrogen and oxygen atoms in total. The largest absolute Gasteiger partial charge is 0.387 e. The Labute approximate surface area is 147 Å². The summed E-state index contributed by atoms with van der Waals surface area (Å²) in [5.74, 6) is -0.343. The van der Waals surface area contributed by atoms with Crippen molar-refractivity contribution in [3.05, 3.63) is 71.5 Å². The number of aliphatic hydroxyl groups excluding tert-OH is 1. The number of hydrogen-bond donors (Lipinski definition) is 2. The van der Waals surface area contributed by atoms with E-state index in [1.165, 1.54) is 12.1 Å². The van der Waals surface area contributed by atoms with E-state index in [1.807, 2.05) is 37.3 Å². The summed E-state index contributed by atoms with van der Waals surface area (Å²) in [4.78, 5) is 14.4. The molecule has 5 heteroatoms. The van der Waals surface area contributed by atoms with Gasteiger partial charge < -0.3 is 15.3 Å². The maximum Gasteiger partial charge on any atom is 0.318 e. The number of rotatable bonds is 6. The number of benzene rings is 2. The van der Waals surface area contributed by atoms with Gasteiger partial charge in [0.05, 0.1) is 18.7 Å². The van der Waals surface area contributed by atoms with Gasteiger partial charge in [-0.25, -0.2) is 9.18 Å². The SMILES string of the molecule is CC(NC(=O)N(CC(O)c1ccc(F)cc1)C1CC1)c1ccccc1. The predicted octanol–water partition coefficient (Wildman–Crippen LogP) is 3.79. The Morgan fingerprint density at radius 3 is 2.40 bits per heavy atom. The summed E-state index contributed by atoms with van der Waals surface area (Å²) in [6, 6.07) is 15.4. The Morgan fingerprint density at radius 2 is 1.80 bits per heavy atom. The van der Waals surface area contributed by atoms with E-state index in [-0.39, 0.29) is 30.5 Å². The van der Waals surface area contributed by atoms with E-state index in [4.69, 9.17) is 0 Å². The molecule has 1 saturated carbocycles. The number of nitrogens with one attached hydrogen (secondary N) is 1. The molecular formula is C20H23FN2O2. The van der Waals surface area contributed by atoms with Crippen molar-refractivity contribution in [1.82, 2.24) is 10.2 Å².